The van der Waals surface area contributed by atoms with Crippen molar-refractivity contribution in [2.45, 2.75) is 74.8 Å². The number of phenols is 4. The molecule has 0 unspecified atom stereocenters. The van der Waals surface area contributed by atoms with Crippen molar-refractivity contribution in [3.05, 3.63) is 53.6 Å². The van der Waals surface area contributed by atoms with Crippen molar-refractivity contribution in [3.8, 4) is 23.0 Å². The van der Waals surface area contributed by atoms with Gasteiger partial charge in [-0.15, -0.1) is 0 Å². The number of hydrogen-bond acceptors (Lipinski definition) is 15. The number of rotatable bonds is 10. The molecule has 2 aliphatic heterocycles. The summed E-state index contributed by atoms with van der Waals surface area (Å²) in [5.74, 6) is -2.37. The van der Waals surface area contributed by atoms with E-state index in [1.54, 1.807) is 6.07 Å². The first-order chi connectivity index (χ1) is 20.8. The Labute approximate surface area is 251 Å². The summed E-state index contributed by atoms with van der Waals surface area (Å²) in [6.45, 7) is 0.890. The zero-order valence-corrected chi connectivity index (χ0v) is 23.5. The number of carbonyl (C=O) groups is 1. The van der Waals surface area contributed by atoms with Gasteiger partial charge in [-0.2, -0.15) is 0 Å². The molecule has 15 heteroatoms. The molecule has 0 spiro atoms. The lowest BCUT2D eigenvalue weighted by atomic mass is 9.98. The van der Waals surface area contributed by atoms with Crippen LogP contribution in [0, 0.1) is 0 Å². The molecule has 2 fully saturated rings. The van der Waals surface area contributed by atoms with Crippen LogP contribution >= 0.6 is 0 Å². The number of esters is 1. The Morgan fingerprint density at radius 2 is 1.41 bits per heavy atom. The number of phenolic OH excluding ortho intramolecular Hbond substituents is 4. The molecule has 44 heavy (non-hydrogen) atoms. The highest BCUT2D eigenvalue weighted by atomic mass is 16.7. The molecule has 242 valence electrons. The molecule has 10 atom stereocenters. The minimum absolute atomic E-state index is 0.0645. The van der Waals surface area contributed by atoms with Crippen LogP contribution < -0.4 is 0 Å². The quantitative estimate of drug-likeness (QED) is 0.0873. The molecule has 9 N–H and O–H groups in total. The molecule has 2 saturated heterocycles. The Morgan fingerprint density at radius 1 is 0.773 bits per heavy atom. The smallest absolute Gasteiger partial charge is 0.331 e. The molecule has 0 radical (unpaired) electrons. The minimum atomic E-state index is -1.75. The summed E-state index contributed by atoms with van der Waals surface area (Å²) >= 11 is 0. The molecule has 2 aliphatic rings. The fraction of sp³-hybridized carbons (Fsp3) is 0.483. The van der Waals surface area contributed by atoms with Gasteiger partial charge in [-0.05, 0) is 54.8 Å². The van der Waals surface area contributed by atoms with Crippen molar-refractivity contribution >= 4 is 12.0 Å². The van der Waals surface area contributed by atoms with Crippen LogP contribution in [0.15, 0.2) is 42.5 Å². The third-order valence-electron chi connectivity index (χ3n) is 7.25. The standard InChI is InChI=1S/C29H36O15/c1-13-22(35)23(36)25(38)29(42-13)41-12-20-27(44-21(34)7-4-14-2-5-16(30)18(32)10-14)24(37)26(39)28(43-20)40-9-8-15-3-6-17(31)19(33)11-15/h2-7,10-11,13,20,22-33,35-39H,8-9,12H2,1H3/t13-,20+,22+,23-,24-,25-,26-,27-,28-,29+/m1/s1. The van der Waals surface area contributed by atoms with Gasteiger partial charge >= 0.3 is 5.97 Å². The van der Waals surface area contributed by atoms with Crippen molar-refractivity contribution in [3.63, 3.8) is 0 Å². The van der Waals surface area contributed by atoms with Gasteiger partial charge in [-0.1, -0.05) is 12.1 Å². The predicted molar refractivity (Wildman–Crippen MR) is 147 cm³/mol. The first-order valence-electron chi connectivity index (χ1n) is 13.7. The Kier molecular flexibility index (Phi) is 11.0. The molecule has 15 nitrogen and oxygen atoms in total. The van der Waals surface area contributed by atoms with Gasteiger partial charge in [0.15, 0.2) is 41.7 Å². The van der Waals surface area contributed by atoms with Crippen molar-refractivity contribution < 1.29 is 74.4 Å². The molecular weight excluding hydrogens is 588 g/mol. The van der Waals surface area contributed by atoms with E-state index in [0.29, 0.717) is 11.1 Å². The summed E-state index contributed by atoms with van der Waals surface area (Å²) < 4.78 is 27.8. The number of aliphatic hydroxyl groups excluding tert-OH is 5. The normalized spacial score (nSPS) is 32.5. The third-order valence-corrected chi connectivity index (χ3v) is 7.25. The lowest BCUT2D eigenvalue weighted by Crippen LogP contribution is -2.62. The maximum Gasteiger partial charge on any atom is 0.331 e. The van der Waals surface area contributed by atoms with E-state index in [1.165, 1.54) is 43.3 Å². The van der Waals surface area contributed by atoms with Crippen LogP contribution in [0.5, 0.6) is 23.0 Å². The van der Waals surface area contributed by atoms with Gasteiger partial charge in [0.05, 0.1) is 19.3 Å². The average Bonchev–Trinajstić information content (AvgIpc) is 2.99. The highest BCUT2D eigenvalue weighted by molar-refractivity contribution is 5.87. The van der Waals surface area contributed by atoms with Gasteiger partial charge in [0.25, 0.3) is 0 Å². The fourth-order valence-electron chi connectivity index (χ4n) is 4.66. The average molecular weight is 625 g/mol. The monoisotopic (exact) mass is 624 g/mol. The van der Waals surface area contributed by atoms with Crippen LogP contribution in [0.4, 0.5) is 0 Å². The molecule has 0 amide bonds. The molecule has 0 aromatic heterocycles. The molecule has 2 heterocycles. The van der Waals surface area contributed by atoms with Gasteiger partial charge in [0.1, 0.15) is 36.6 Å². The van der Waals surface area contributed by atoms with Crippen molar-refractivity contribution in [2.24, 2.45) is 0 Å². The van der Waals surface area contributed by atoms with Gasteiger partial charge in [0.2, 0.25) is 0 Å². The van der Waals surface area contributed by atoms with Crippen molar-refractivity contribution in [1.82, 2.24) is 0 Å². The topological polar surface area (TPSA) is 245 Å². The maximum absolute atomic E-state index is 12.7. The van der Waals surface area contributed by atoms with Crippen LogP contribution in [-0.4, -0.2) is 127 Å². The summed E-state index contributed by atoms with van der Waals surface area (Å²) in [6.07, 6.45) is -12.2. The lowest BCUT2D eigenvalue weighted by molar-refractivity contribution is -0.328. The number of carbonyl (C=O) groups excluding carboxylic acids is 1. The summed E-state index contributed by atoms with van der Waals surface area (Å²) in [7, 11) is 0. The third kappa shape index (κ3) is 7.95. The maximum atomic E-state index is 12.7. The van der Waals surface area contributed by atoms with Gasteiger partial charge in [-0.25, -0.2) is 4.79 Å². The van der Waals surface area contributed by atoms with Crippen LogP contribution in [0.3, 0.4) is 0 Å². The molecule has 0 aliphatic carbocycles. The summed E-state index contributed by atoms with van der Waals surface area (Å²) in [5.41, 5.74) is 0.927. The van der Waals surface area contributed by atoms with E-state index >= 15 is 0 Å². The number of aromatic hydroxyl groups is 4. The zero-order valence-electron chi connectivity index (χ0n) is 23.5. The second-order valence-corrected chi connectivity index (χ2v) is 10.5. The Bertz CT molecular complexity index is 1300. The van der Waals surface area contributed by atoms with E-state index in [1.807, 2.05) is 0 Å². The molecule has 2 aromatic rings. The summed E-state index contributed by atoms with van der Waals surface area (Å²) in [5, 5.41) is 90.3. The van der Waals surface area contributed by atoms with Gasteiger partial charge in [-0.3, -0.25) is 0 Å². The number of benzene rings is 2. The predicted octanol–water partition coefficient (Wildman–Crippen LogP) is -1.02. The Hall–Kier alpha value is -3.51. The van der Waals surface area contributed by atoms with E-state index in [2.05, 4.69) is 0 Å². The molecule has 0 bridgehead atoms. The number of ether oxygens (including phenoxy) is 5. The molecule has 4 rings (SSSR count). The van der Waals surface area contributed by atoms with Gasteiger partial charge in [0, 0.05) is 6.08 Å². The van der Waals surface area contributed by atoms with E-state index in [-0.39, 0.29) is 30.3 Å². The van der Waals surface area contributed by atoms with Crippen molar-refractivity contribution in [1.29, 1.82) is 0 Å². The summed E-state index contributed by atoms with van der Waals surface area (Å²) in [6, 6.07) is 8.00. The number of aliphatic hydroxyl groups is 5. The Balaban J connectivity index is 1.45. The van der Waals surface area contributed by atoms with Gasteiger partial charge < -0.3 is 69.6 Å². The highest BCUT2D eigenvalue weighted by Gasteiger charge is 2.49. The van der Waals surface area contributed by atoms with E-state index in [0.717, 1.165) is 6.08 Å². The fourth-order valence-corrected chi connectivity index (χ4v) is 4.66. The second kappa shape index (κ2) is 14.5. The first kappa shape index (κ1) is 33.4. The Morgan fingerprint density at radius 3 is 2.09 bits per heavy atom. The van der Waals surface area contributed by atoms with E-state index in [9.17, 15) is 50.8 Å². The SMILES string of the molecule is C[C@H]1O[C@H](OC[C@@H]2O[C@@H](OCCc3ccc(O)c(O)c3)[C@H](O)[C@@H](O)[C@@H]2OC(=O)C=Cc2ccc(O)c(O)c2)[C@H](O)[C@H](O)[C@H]1O. The molecule has 0 saturated carbocycles. The van der Waals surface area contributed by atoms with Crippen LogP contribution in [0.25, 0.3) is 6.08 Å². The van der Waals surface area contributed by atoms with Crippen LogP contribution in [-0.2, 0) is 34.9 Å². The van der Waals surface area contributed by atoms with Crippen LogP contribution in [0.2, 0.25) is 0 Å². The van der Waals surface area contributed by atoms with Crippen LogP contribution in [0.1, 0.15) is 18.1 Å². The highest BCUT2D eigenvalue weighted by Crippen LogP contribution is 2.29. The largest absolute Gasteiger partial charge is 0.504 e. The first-order valence-corrected chi connectivity index (χ1v) is 13.7. The minimum Gasteiger partial charge on any atom is -0.504 e. The lowest BCUT2D eigenvalue weighted by Gasteiger charge is -2.43. The van der Waals surface area contributed by atoms with E-state index < -0.39 is 79.7 Å². The van der Waals surface area contributed by atoms with E-state index in [4.69, 9.17) is 23.7 Å². The van der Waals surface area contributed by atoms with Crippen molar-refractivity contribution in [2.75, 3.05) is 13.2 Å². The second-order valence-electron chi connectivity index (χ2n) is 10.5. The zero-order chi connectivity index (χ0) is 32.1. The summed E-state index contributed by atoms with van der Waals surface area (Å²) in [4.78, 5) is 12.7. The number of hydrogen-bond donors (Lipinski definition) is 9. The molecule has 2 aromatic carbocycles. The molecular formula is C29H36O15.